The first-order valence-corrected chi connectivity index (χ1v) is 5.12. The third-order valence-corrected chi connectivity index (χ3v) is 2.11. The smallest absolute Gasteiger partial charge is 0.423 e. The zero-order chi connectivity index (χ0) is 11.6. The van der Waals surface area contributed by atoms with Gasteiger partial charge >= 0.3 is 7.12 Å². The summed E-state index contributed by atoms with van der Waals surface area (Å²) in [4.78, 5) is 0. The summed E-state index contributed by atoms with van der Waals surface area (Å²) < 4.78 is 0. The summed E-state index contributed by atoms with van der Waals surface area (Å²) in [5.74, 6) is 0. The topological polar surface area (TPSA) is 40.5 Å². The Morgan fingerprint density at radius 1 is 1.20 bits per heavy atom. The van der Waals surface area contributed by atoms with E-state index in [1.54, 1.807) is 6.07 Å². The predicted octanol–water partition coefficient (Wildman–Crippen LogP) is 0.223. The predicted molar refractivity (Wildman–Crippen MR) is 66.1 cm³/mol. The lowest BCUT2D eigenvalue weighted by atomic mass is 9.48. The van der Waals surface area contributed by atoms with Gasteiger partial charge in [-0.05, 0) is 12.4 Å². The maximum atomic E-state index is 9.23. The molecule has 1 aromatic carbocycles. The Labute approximate surface area is 92.7 Å². The minimum absolute atomic E-state index is 0.0252. The molecule has 15 heavy (non-hydrogen) atoms. The van der Waals surface area contributed by atoms with E-state index in [1.165, 1.54) is 0 Å². The van der Waals surface area contributed by atoms with E-state index in [9.17, 15) is 10.0 Å². The van der Waals surface area contributed by atoms with Gasteiger partial charge in [-0.1, -0.05) is 55.3 Å². The first kappa shape index (κ1) is 12.3. The highest BCUT2D eigenvalue weighted by molar-refractivity contribution is 6.70. The van der Waals surface area contributed by atoms with Gasteiger partial charge in [0.2, 0.25) is 0 Å². The Hall–Kier alpha value is -0.730. The molecule has 0 aliphatic rings. The molecule has 0 fully saturated rings. The number of rotatable bonds is 2. The van der Waals surface area contributed by atoms with Gasteiger partial charge in [-0.25, -0.2) is 0 Å². The molecule has 1 rings (SSSR count). The van der Waals surface area contributed by atoms with Crippen molar-refractivity contribution in [2.45, 2.75) is 33.0 Å². The Bertz CT molecular complexity index is 343. The molecule has 0 saturated carbocycles. The van der Waals surface area contributed by atoms with Crippen molar-refractivity contribution in [3.63, 3.8) is 0 Å². The summed E-state index contributed by atoms with van der Waals surface area (Å²) in [7, 11) is 0.647. The fraction of sp³-hybridized carbons (Fsp3) is 0.455. The van der Waals surface area contributed by atoms with E-state index in [4.69, 9.17) is 0 Å². The number of hydrogen-bond acceptors (Lipinski definition) is 2. The Morgan fingerprint density at radius 2 is 1.80 bits per heavy atom. The maximum absolute atomic E-state index is 9.23. The van der Waals surface area contributed by atoms with Gasteiger partial charge in [-0.2, -0.15) is 0 Å². The molecule has 1 radical (unpaired) electrons. The Balaban J connectivity index is 3.08. The normalized spacial score (nSPS) is 11.3. The second-order valence-electron chi connectivity index (χ2n) is 5.02. The van der Waals surface area contributed by atoms with Crippen LogP contribution in [0.2, 0.25) is 5.31 Å². The number of aryl methyl sites for hydroxylation is 1. The van der Waals surface area contributed by atoms with Crippen LogP contribution < -0.4 is 10.9 Å². The summed E-state index contributed by atoms with van der Waals surface area (Å²) in [6, 6.07) is 5.62. The number of hydrogen-bond donors (Lipinski definition) is 2. The van der Waals surface area contributed by atoms with Gasteiger partial charge in [0.25, 0.3) is 0 Å². The zero-order valence-corrected chi connectivity index (χ0v) is 9.78. The average Bonchev–Trinajstić information content (AvgIpc) is 1.99. The molecular weight excluding hydrogens is 186 g/mol. The highest BCUT2D eigenvalue weighted by Crippen LogP contribution is 2.19. The van der Waals surface area contributed by atoms with Gasteiger partial charge in [0.15, 0.2) is 7.28 Å². The van der Waals surface area contributed by atoms with Crippen molar-refractivity contribution in [3.8, 4) is 0 Å². The Kier molecular flexibility index (Phi) is 3.63. The van der Waals surface area contributed by atoms with Crippen LogP contribution in [-0.4, -0.2) is 24.4 Å². The van der Waals surface area contributed by atoms with Crippen molar-refractivity contribution >= 4 is 25.3 Å². The summed E-state index contributed by atoms with van der Waals surface area (Å²) in [5, 5.41) is 18.5. The molecule has 0 aromatic heterocycles. The maximum Gasteiger partial charge on any atom is 0.487 e. The van der Waals surface area contributed by atoms with E-state index in [1.807, 2.05) is 19.1 Å². The van der Waals surface area contributed by atoms with Crippen LogP contribution >= 0.6 is 0 Å². The molecule has 0 aliphatic heterocycles. The molecule has 0 aliphatic carbocycles. The molecule has 0 heterocycles. The highest BCUT2D eigenvalue weighted by Gasteiger charge is 2.21. The van der Waals surface area contributed by atoms with Crippen molar-refractivity contribution in [2.24, 2.45) is 0 Å². The molecule has 0 atom stereocenters. The third-order valence-electron chi connectivity index (χ3n) is 2.11. The van der Waals surface area contributed by atoms with E-state index in [0.717, 1.165) is 11.0 Å². The monoisotopic (exact) mass is 203 g/mol. The summed E-state index contributed by atoms with van der Waals surface area (Å²) in [5.41, 5.74) is 2.59. The van der Waals surface area contributed by atoms with Crippen molar-refractivity contribution in [1.29, 1.82) is 0 Å². The van der Waals surface area contributed by atoms with Gasteiger partial charge in [0, 0.05) is 0 Å². The lowest BCUT2D eigenvalue weighted by Crippen LogP contribution is -2.45. The zero-order valence-electron chi connectivity index (χ0n) is 9.78. The molecule has 4 heteroatoms. The molecule has 0 bridgehead atoms. The van der Waals surface area contributed by atoms with Crippen LogP contribution in [-0.2, 0) is 0 Å². The standard InChI is InChI=1S/C11H17B2O2/c1-8-5-6-10(13(14)15)9(7-8)12-11(2,3)4/h5-7,14-15H,1-4H3. The lowest BCUT2D eigenvalue weighted by Gasteiger charge is -2.19. The lowest BCUT2D eigenvalue weighted by molar-refractivity contribution is 0.426. The molecular formula is C11H17B2O2. The largest absolute Gasteiger partial charge is 0.487 e. The van der Waals surface area contributed by atoms with Crippen molar-refractivity contribution in [2.75, 3.05) is 0 Å². The summed E-state index contributed by atoms with van der Waals surface area (Å²) >= 11 is 0. The molecule has 0 unspecified atom stereocenters. The number of benzene rings is 1. The van der Waals surface area contributed by atoms with Crippen molar-refractivity contribution < 1.29 is 10.0 Å². The molecule has 2 N–H and O–H groups in total. The van der Waals surface area contributed by atoms with Crippen LogP contribution in [0.4, 0.5) is 0 Å². The van der Waals surface area contributed by atoms with E-state index in [0.29, 0.717) is 5.46 Å². The van der Waals surface area contributed by atoms with Gasteiger partial charge in [-0.15, -0.1) is 0 Å². The molecule has 0 spiro atoms. The molecule has 2 nitrogen and oxygen atoms in total. The van der Waals surface area contributed by atoms with Crippen LogP contribution in [0.1, 0.15) is 26.3 Å². The van der Waals surface area contributed by atoms with Crippen molar-refractivity contribution in [3.05, 3.63) is 23.8 Å². The first-order valence-electron chi connectivity index (χ1n) is 5.12. The first-order chi connectivity index (χ1) is 6.79. The average molecular weight is 203 g/mol. The molecule has 0 saturated heterocycles. The second kappa shape index (κ2) is 4.42. The molecule has 0 amide bonds. The molecule has 79 valence electrons. The van der Waals surface area contributed by atoms with Crippen LogP contribution in [0.5, 0.6) is 0 Å². The fourth-order valence-electron chi connectivity index (χ4n) is 1.52. The van der Waals surface area contributed by atoms with E-state index >= 15 is 0 Å². The van der Waals surface area contributed by atoms with Crippen LogP contribution in [0.25, 0.3) is 0 Å². The van der Waals surface area contributed by atoms with E-state index in [-0.39, 0.29) is 5.31 Å². The van der Waals surface area contributed by atoms with Gasteiger partial charge < -0.3 is 10.0 Å². The minimum Gasteiger partial charge on any atom is -0.423 e. The third kappa shape index (κ3) is 3.73. The van der Waals surface area contributed by atoms with Crippen LogP contribution in [0, 0.1) is 6.92 Å². The second-order valence-corrected chi connectivity index (χ2v) is 5.02. The SMILES string of the molecule is Cc1ccc(B(O)O)c([B]C(C)(C)C)c1. The minimum atomic E-state index is -1.40. The fourth-order valence-corrected chi connectivity index (χ4v) is 1.52. The summed E-state index contributed by atoms with van der Waals surface area (Å²) in [6.45, 7) is 8.25. The quantitative estimate of drug-likeness (QED) is 0.675. The van der Waals surface area contributed by atoms with Crippen molar-refractivity contribution in [1.82, 2.24) is 0 Å². The van der Waals surface area contributed by atoms with E-state index < -0.39 is 7.12 Å². The Morgan fingerprint density at radius 3 is 2.27 bits per heavy atom. The highest BCUT2D eigenvalue weighted by atomic mass is 16.4. The van der Waals surface area contributed by atoms with Crippen LogP contribution in [0.15, 0.2) is 18.2 Å². The summed E-state index contributed by atoms with van der Waals surface area (Å²) in [6.07, 6.45) is 0. The van der Waals surface area contributed by atoms with Gasteiger partial charge in [0.05, 0.1) is 0 Å². The van der Waals surface area contributed by atoms with Gasteiger partial charge in [-0.3, -0.25) is 0 Å². The van der Waals surface area contributed by atoms with Crippen LogP contribution in [0.3, 0.4) is 0 Å². The molecule has 1 aromatic rings. The van der Waals surface area contributed by atoms with Gasteiger partial charge in [0.1, 0.15) is 0 Å². The van der Waals surface area contributed by atoms with E-state index in [2.05, 4.69) is 28.1 Å².